The van der Waals surface area contributed by atoms with E-state index in [-0.39, 0.29) is 63.6 Å². The molecule has 0 aromatic rings. The third kappa shape index (κ3) is 32.7. The number of hydrogen-bond acceptors (Lipinski definition) is 18. The van der Waals surface area contributed by atoms with Gasteiger partial charge in [0.25, 0.3) is 12.9 Å². The van der Waals surface area contributed by atoms with Gasteiger partial charge in [-0.1, -0.05) is 91.9 Å². The zero-order chi connectivity index (χ0) is 58.8. The Morgan fingerprint density at radius 3 is 0.805 bits per heavy atom. The minimum atomic E-state index is -0.312. The molecule has 0 atom stereocenters. The van der Waals surface area contributed by atoms with Crippen molar-refractivity contribution in [1.29, 1.82) is 0 Å². The summed E-state index contributed by atoms with van der Waals surface area (Å²) in [5.41, 5.74) is 0. The maximum absolute atomic E-state index is 12.3. The van der Waals surface area contributed by atoms with E-state index in [4.69, 9.17) is 18.9 Å². The molecule has 6 saturated heterocycles. The Bertz CT molecular complexity index is 1550. The van der Waals surface area contributed by atoms with E-state index in [0.717, 1.165) is 114 Å². The molecule has 474 valence electrons. The Kier molecular flexibility index (Phi) is 39.0. The van der Waals surface area contributed by atoms with E-state index in [1.165, 1.54) is 181 Å². The van der Waals surface area contributed by atoms with Crippen molar-refractivity contribution in [1.82, 2.24) is 29.4 Å². The van der Waals surface area contributed by atoms with Gasteiger partial charge in [-0.15, -0.1) is 0 Å². The summed E-state index contributed by atoms with van der Waals surface area (Å²) in [4.78, 5) is 81.4. The smallest absolute Gasteiger partial charge is 0.309 e. The van der Waals surface area contributed by atoms with Crippen LogP contribution in [0, 0.1) is 35.5 Å². The Hall–Kier alpha value is -3.42. The summed E-state index contributed by atoms with van der Waals surface area (Å²) >= 11 is 0. The summed E-state index contributed by atoms with van der Waals surface area (Å²) in [6.45, 7) is 28.6. The average Bonchev–Trinajstić information content (AvgIpc) is 3.54. The molecule has 0 aliphatic carbocycles. The normalized spacial score (nSPS) is 20.4. The van der Waals surface area contributed by atoms with Crippen molar-refractivity contribution in [2.24, 2.45) is 35.5 Å². The van der Waals surface area contributed by atoms with Gasteiger partial charge in [-0.2, -0.15) is 0 Å². The van der Waals surface area contributed by atoms with E-state index in [2.05, 4.69) is 66.6 Å². The van der Waals surface area contributed by atoms with Crippen LogP contribution in [0.2, 0.25) is 0 Å². The van der Waals surface area contributed by atoms with E-state index < -0.39 is 0 Å². The zero-order valence-electron chi connectivity index (χ0n) is 52.1. The molecule has 0 amide bonds. The summed E-state index contributed by atoms with van der Waals surface area (Å²) in [6, 6.07) is 0. The van der Waals surface area contributed by atoms with Crippen molar-refractivity contribution in [3.05, 3.63) is 0 Å². The highest BCUT2D eigenvalue weighted by Crippen LogP contribution is 2.30. The molecular formula is C64H116N6O12. The molecule has 0 saturated carbocycles. The van der Waals surface area contributed by atoms with E-state index >= 15 is 0 Å². The van der Waals surface area contributed by atoms with Crippen molar-refractivity contribution >= 4 is 36.8 Å². The average molecular weight is 1160 g/mol. The fraction of sp³-hybridized carbons (Fsp3) is 0.906. The second-order valence-electron chi connectivity index (χ2n) is 24.6. The van der Waals surface area contributed by atoms with Crippen molar-refractivity contribution in [2.75, 3.05) is 145 Å². The zero-order valence-corrected chi connectivity index (χ0v) is 52.1. The van der Waals surface area contributed by atoms with Gasteiger partial charge in [-0.05, 0) is 204 Å². The van der Waals surface area contributed by atoms with E-state index in [1.54, 1.807) is 0 Å². The Balaban J connectivity index is 0.000000327. The highest BCUT2D eigenvalue weighted by atomic mass is 16.7. The predicted molar refractivity (Wildman–Crippen MR) is 320 cm³/mol. The van der Waals surface area contributed by atoms with Gasteiger partial charge in [0.05, 0.1) is 25.7 Å². The lowest BCUT2D eigenvalue weighted by Crippen LogP contribution is -2.36. The monoisotopic (exact) mass is 1160 g/mol. The van der Waals surface area contributed by atoms with Crippen molar-refractivity contribution in [3.63, 3.8) is 0 Å². The van der Waals surface area contributed by atoms with Crippen LogP contribution < -0.4 is 0 Å². The lowest BCUT2D eigenvalue weighted by Gasteiger charge is -2.33. The number of esters is 4. The van der Waals surface area contributed by atoms with Gasteiger partial charge >= 0.3 is 23.9 Å². The van der Waals surface area contributed by atoms with Crippen LogP contribution in [-0.4, -0.2) is 211 Å². The number of rotatable bonds is 35. The molecule has 6 aliphatic rings. The molecule has 6 rings (SSSR count). The van der Waals surface area contributed by atoms with Gasteiger partial charge < -0.3 is 57.8 Å². The first-order valence-electron chi connectivity index (χ1n) is 33.1. The van der Waals surface area contributed by atoms with Crippen LogP contribution in [0.3, 0.4) is 0 Å². The van der Waals surface area contributed by atoms with Gasteiger partial charge in [0.15, 0.2) is 0 Å². The highest BCUT2D eigenvalue weighted by Gasteiger charge is 2.25. The molecule has 0 spiro atoms. The third-order valence-electron chi connectivity index (χ3n) is 18.8. The molecule has 18 nitrogen and oxygen atoms in total. The first kappa shape index (κ1) is 71.1. The summed E-state index contributed by atoms with van der Waals surface area (Å²) in [6.07, 6.45) is 30.6. The first-order valence-corrected chi connectivity index (χ1v) is 33.1. The van der Waals surface area contributed by atoms with Crippen LogP contribution >= 0.6 is 0 Å². The molecule has 6 fully saturated rings. The molecule has 6 heterocycles. The van der Waals surface area contributed by atoms with Gasteiger partial charge in [0.1, 0.15) is 13.2 Å². The largest absolute Gasteiger partial charge is 0.462 e. The van der Waals surface area contributed by atoms with E-state index in [0.29, 0.717) is 25.7 Å². The topological polar surface area (TPSA) is 177 Å². The summed E-state index contributed by atoms with van der Waals surface area (Å²) in [5.74, 6) is 4.34. The molecule has 0 N–H and O–H groups in total. The highest BCUT2D eigenvalue weighted by molar-refractivity contribution is 5.71. The Labute approximate surface area is 496 Å². The van der Waals surface area contributed by atoms with Crippen molar-refractivity contribution in [2.45, 2.75) is 195 Å². The molecule has 0 unspecified atom stereocenters. The number of piperidine rings is 6. The van der Waals surface area contributed by atoms with Crippen molar-refractivity contribution < 1.29 is 57.2 Å². The van der Waals surface area contributed by atoms with Gasteiger partial charge in [0, 0.05) is 26.2 Å². The Morgan fingerprint density at radius 2 is 0.573 bits per heavy atom. The van der Waals surface area contributed by atoms with Gasteiger partial charge in [-0.3, -0.25) is 28.8 Å². The number of carbonyl (C=O) groups excluding carboxylic acids is 6. The molecule has 82 heavy (non-hydrogen) atoms. The number of ether oxygens (including phenoxy) is 6. The fourth-order valence-electron chi connectivity index (χ4n) is 13.2. The van der Waals surface area contributed by atoms with Crippen LogP contribution in [0.4, 0.5) is 0 Å². The molecule has 6 aliphatic heterocycles. The minimum absolute atomic E-state index is 0.160. The van der Waals surface area contributed by atoms with E-state index in [1.807, 2.05) is 0 Å². The lowest BCUT2D eigenvalue weighted by molar-refractivity contribution is -0.162. The summed E-state index contributed by atoms with van der Waals surface area (Å²) < 4.78 is 28.7. The van der Waals surface area contributed by atoms with Crippen molar-refractivity contribution in [3.8, 4) is 0 Å². The van der Waals surface area contributed by atoms with Crippen LogP contribution in [0.15, 0.2) is 0 Å². The molecule has 18 heteroatoms. The number of hydrogen-bond donors (Lipinski definition) is 0. The van der Waals surface area contributed by atoms with Gasteiger partial charge in [0.2, 0.25) is 13.6 Å². The fourth-order valence-corrected chi connectivity index (χ4v) is 13.2. The number of nitrogens with zero attached hydrogens (tertiary/aromatic N) is 6. The van der Waals surface area contributed by atoms with Crippen LogP contribution in [0.25, 0.3) is 0 Å². The molecule has 0 aromatic carbocycles. The SMILES string of the molecule is CCCC1CCN(CCC(=O)OCOC=O)CC1.CCCC1CCN(CCC(=O)OCOC=O)CC1.CCN1CCC(CCCC2CCN(CCC(=O)OCCOC(=O)CCN3CCC(CCCC4CCN(CC)CC4)CC3)CC2)CC1. The Morgan fingerprint density at radius 1 is 0.341 bits per heavy atom. The number of carbonyl (C=O) groups is 6. The second kappa shape index (κ2) is 45.0. The van der Waals surface area contributed by atoms with Crippen LogP contribution in [0.5, 0.6) is 0 Å². The lowest BCUT2D eigenvalue weighted by atomic mass is 9.87. The minimum Gasteiger partial charge on any atom is -0.462 e. The first-order chi connectivity index (χ1) is 40.0. The molecule has 0 aromatic heterocycles. The summed E-state index contributed by atoms with van der Waals surface area (Å²) in [5, 5.41) is 0. The molecular weight excluding hydrogens is 1040 g/mol. The number of likely N-dealkylation sites (tertiary alicyclic amines) is 6. The summed E-state index contributed by atoms with van der Waals surface area (Å²) in [7, 11) is 0. The quantitative estimate of drug-likeness (QED) is 0.0193. The molecule has 0 radical (unpaired) electrons. The van der Waals surface area contributed by atoms with E-state index in [9.17, 15) is 28.8 Å². The third-order valence-corrected chi connectivity index (χ3v) is 18.8. The molecule has 0 bridgehead atoms. The maximum atomic E-state index is 12.3. The second-order valence-corrected chi connectivity index (χ2v) is 24.6. The van der Waals surface area contributed by atoms with Crippen LogP contribution in [-0.2, 0) is 57.2 Å². The van der Waals surface area contributed by atoms with Crippen LogP contribution in [0.1, 0.15) is 195 Å². The van der Waals surface area contributed by atoms with Gasteiger partial charge in [-0.25, -0.2) is 0 Å². The predicted octanol–water partition coefficient (Wildman–Crippen LogP) is 9.21. The standard InChI is InChI=1S/C38H70N4O4.2C13H23NO4/c1-3-39-21-11-33(12-22-39)7-5-9-35-15-25-41(26-16-35)29-19-37(43)45-31-32-46-38(44)20-30-42-27-17-36(18-28-42)10-6-8-34-13-23-40(4-2)24-14-34;2*1-2-3-12-4-7-14(8-5-12)9-6-13(16)18-11-17-10-15/h33-36H,3-32H2,1-2H3;2*10,12H,2-9,11H2,1H3. The maximum Gasteiger partial charge on any atom is 0.309 e.